The van der Waals surface area contributed by atoms with Crippen LogP contribution in [0, 0.1) is 6.92 Å². The normalized spacial score (nSPS) is 24.4. The molecule has 1 nitrogen and oxygen atoms in total. The van der Waals surface area contributed by atoms with E-state index in [4.69, 9.17) is 0 Å². The van der Waals surface area contributed by atoms with Crippen LogP contribution in [0.3, 0.4) is 0 Å². The summed E-state index contributed by atoms with van der Waals surface area (Å²) in [7, 11) is 0. The average molecular weight is 202 g/mol. The fourth-order valence-electron chi connectivity index (χ4n) is 2.14. The van der Waals surface area contributed by atoms with Gasteiger partial charge in [-0.15, -0.1) is 0 Å². The summed E-state index contributed by atoms with van der Waals surface area (Å²) in [4.78, 5) is 0. The van der Waals surface area contributed by atoms with Crippen molar-refractivity contribution in [2.24, 2.45) is 0 Å². The number of benzene rings is 1. The molecule has 0 bridgehead atoms. The van der Waals surface area contributed by atoms with Crippen LogP contribution in [-0.4, -0.2) is 11.2 Å². The molecule has 1 aromatic carbocycles. The Labute approximate surface area is 91.4 Å². The van der Waals surface area contributed by atoms with Crippen LogP contribution in [0.2, 0.25) is 0 Å². The van der Waals surface area contributed by atoms with Crippen LogP contribution in [-0.2, 0) is 0 Å². The Morgan fingerprint density at radius 1 is 1.27 bits per heavy atom. The third-order valence-corrected chi connectivity index (χ3v) is 3.15. The molecule has 0 heterocycles. The van der Waals surface area contributed by atoms with E-state index < -0.39 is 0 Å². The third-order valence-electron chi connectivity index (χ3n) is 3.15. The van der Waals surface area contributed by atoms with Gasteiger partial charge < -0.3 is 5.11 Å². The first kappa shape index (κ1) is 10.4. The Morgan fingerprint density at radius 3 is 2.80 bits per heavy atom. The minimum Gasteiger partial charge on any atom is -0.389 e. The molecule has 1 N–H and O–H groups in total. The van der Waals surface area contributed by atoms with Gasteiger partial charge in [-0.3, -0.25) is 0 Å². The highest BCUT2D eigenvalue weighted by Crippen LogP contribution is 2.26. The summed E-state index contributed by atoms with van der Waals surface area (Å²) in [5, 5.41) is 9.85. The molecule has 1 fully saturated rings. The van der Waals surface area contributed by atoms with E-state index in [0.29, 0.717) is 0 Å². The Morgan fingerprint density at radius 2 is 2.07 bits per heavy atom. The number of aliphatic hydroxyl groups excluding tert-OH is 1. The maximum absolute atomic E-state index is 9.85. The van der Waals surface area contributed by atoms with Crippen LogP contribution in [0.1, 0.15) is 36.8 Å². The van der Waals surface area contributed by atoms with Gasteiger partial charge >= 0.3 is 0 Å². The van der Waals surface area contributed by atoms with E-state index in [-0.39, 0.29) is 6.10 Å². The molecule has 1 saturated carbocycles. The van der Waals surface area contributed by atoms with Crippen LogP contribution in [0.25, 0.3) is 6.08 Å². The standard InChI is InChI=1S/C14H18O/c1-11-6-2-3-7-12(11)10-13-8-4-5-9-14(13)15/h2-3,6-7,10,14-15H,4-5,8-9H2,1H3/b13-10+. The first-order chi connectivity index (χ1) is 7.27. The number of aliphatic hydroxyl groups is 1. The second-order valence-electron chi connectivity index (χ2n) is 4.34. The van der Waals surface area contributed by atoms with Crippen LogP contribution in [0.15, 0.2) is 29.8 Å². The first-order valence-electron chi connectivity index (χ1n) is 5.71. The molecule has 1 atom stereocenters. The molecule has 1 heteroatoms. The summed E-state index contributed by atoms with van der Waals surface area (Å²) >= 11 is 0. The Kier molecular flexibility index (Phi) is 3.22. The molecule has 1 aromatic rings. The monoisotopic (exact) mass is 202 g/mol. The summed E-state index contributed by atoms with van der Waals surface area (Å²) in [6.07, 6.45) is 6.31. The van der Waals surface area contributed by atoms with Gasteiger partial charge in [-0.05, 0) is 42.9 Å². The van der Waals surface area contributed by atoms with Gasteiger partial charge in [0.05, 0.1) is 6.10 Å². The molecule has 1 aliphatic carbocycles. The Balaban J connectivity index is 2.25. The summed E-state index contributed by atoms with van der Waals surface area (Å²) < 4.78 is 0. The van der Waals surface area contributed by atoms with E-state index in [1.807, 2.05) is 0 Å². The van der Waals surface area contributed by atoms with Crippen molar-refractivity contribution in [3.8, 4) is 0 Å². The van der Waals surface area contributed by atoms with Crippen molar-refractivity contribution in [1.82, 2.24) is 0 Å². The highest BCUT2D eigenvalue weighted by Gasteiger charge is 2.15. The van der Waals surface area contributed by atoms with Crippen molar-refractivity contribution >= 4 is 6.08 Å². The van der Waals surface area contributed by atoms with Crippen molar-refractivity contribution in [3.05, 3.63) is 41.0 Å². The molecule has 1 unspecified atom stereocenters. The van der Waals surface area contributed by atoms with Crippen LogP contribution in [0.5, 0.6) is 0 Å². The number of rotatable bonds is 1. The van der Waals surface area contributed by atoms with Gasteiger partial charge in [0.25, 0.3) is 0 Å². The van der Waals surface area contributed by atoms with Crippen LogP contribution < -0.4 is 0 Å². The van der Waals surface area contributed by atoms with Crippen molar-refractivity contribution in [3.63, 3.8) is 0 Å². The molecule has 0 radical (unpaired) electrons. The predicted octanol–water partition coefficient (Wildman–Crippen LogP) is 3.31. The summed E-state index contributed by atoms with van der Waals surface area (Å²) in [5.74, 6) is 0. The van der Waals surface area contributed by atoms with Gasteiger partial charge in [0.1, 0.15) is 0 Å². The molecular formula is C14H18O. The van der Waals surface area contributed by atoms with E-state index in [2.05, 4.69) is 37.3 Å². The number of aryl methyl sites for hydroxylation is 1. The lowest BCUT2D eigenvalue weighted by atomic mass is 9.90. The molecular weight excluding hydrogens is 184 g/mol. The highest BCUT2D eigenvalue weighted by molar-refractivity contribution is 5.57. The van der Waals surface area contributed by atoms with E-state index in [9.17, 15) is 5.11 Å². The Bertz CT molecular complexity index is 365. The quantitative estimate of drug-likeness (QED) is 0.740. The van der Waals surface area contributed by atoms with E-state index in [1.54, 1.807) is 0 Å². The van der Waals surface area contributed by atoms with Gasteiger partial charge in [-0.2, -0.15) is 0 Å². The van der Waals surface area contributed by atoms with Crippen molar-refractivity contribution in [1.29, 1.82) is 0 Å². The summed E-state index contributed by atoms with van der Waals surface area (Å²) in [5.41, 5.74) is 3.73. The minimum absolute atomic E-state index is 0.210. The summed E-state index contributed by atoms with van der Waals surface area (Å²) in [6, 6.07) is 8.33. The van der Waals surface area contributed by atoms with Gasteiger partial charge in [0, 0.05) is 0 Å². The second-order valence-corrected chi connectivity index (χ2v) is 4.34. The van der Waals surface area contributed by atoms with E-state index in [1.165, 1.54) is 23.1 Å². The van der Waals surface area contributed by atoms with Crippen molar-refractivity contribution < 1.29 is 5.11 Å². The fourth-order valence-corrected chi connectivity index (χ4v) is 2.14. The SMILES string of the molecule is Cc1ccccc1/C=C1\CCCCC1O. The molecule has 2 rings (SSSR count). The molecule has 0 saturated heterocycles. The highest BCUT2D eigenvalue weighted by atomic mass is 16.3. The fraction of sp³-hybridized carbons (Fsp3) is 0.429. The molecule has 80 valence electrons. The third kappa shape index (κ3) is 2.48. The van der Waals surface area contributed by atoms with Gasteiger partial charge in [0.2, 0.25) is 0 Å². The maximum Gasteiger partial charge on any atom is 0.0753 e. The van der Waals surface area contributed by atoms with Gasteiger partial charge in [-0.25, -0.2) is 0 Å². The predicted molar refractivity (Wildman–Crippen MR) is 63.6 cm³/mol. The van der Waals surface area contributed by atoms with Crippen LogP contribution >= 0.6 is 0 Å². The molecule has 0 aromatic heterocycles. The first-order valence-corrected chi connectivity index (χ1v) is 5.71. The molecule has 0 aliphatic heterocycles. The van der Waals surface area contributed by atoms with E-state index in [0.717, 1.165) is 19.3 Å². The Hall–Kier alpha value is -1.08. The average Bonchev–Trinajstić information content (AvgIpc) is 2.24. The van der Waals surface area contributed by atoms with Gasteiger partial charge in [0.15, 0.2) is 0 Å². The lowest BCUT2D eigenvalue weighted by Gasteiger charge is -2.20. The lowest BCUT2D eigenvalue weighted by Crippen LogP contribution is -2.14. The van der Waals surface area contributed by atoms with Gasteiger partial charge in [-0.1, -0.05) is 36.8 Å². The van der Waals surface area contributed by atoms with Crippen molar-refractivity contribution in [2.75, 3.05) is 0 Å². The maximum atomic E-state index is 9.85. The van der Waals surface area contributed by atoms with Crippen molar-refractivity contribution in [2.45, 2.75) is 38.7 Å². The molecule has 1 aliphatic rings. The smallest absolute Gasteiger partial charge is 0.0753 e. The topological polar surface area (TPSA) is 20.2 Å². The minimum atomic E-state index is -0.210. The largest absolute Gasteiger partial charge is 0.389 e. The molecule has 0 spiro atoms. The zero-order chi connectivity index (χ0) is 10.7. The molecule has 0 amide bonds. The van der Waals surface area contributed by atoms with E-state index >= 15 is 0 Å². The lowest BCUT2D eigenvalue weighted by molar-refractivity contribution is 0.180. The second kappa shape index (κ2) is 4.63. The van der Waals surface area contributed by atoms with Crippen LogP contribution in [0.4, 0.5) is 0 Å². The summed E-state index contributed by atoms with van der Waals surface area (Å²) in [6.45, 7) is 2.11. The molecule has 15 heavy (non-hydrogen) atoms. The zero-order valence-electron chi connectivity index (χ0n) is 9.24. The zero-order valence-corrected chi connectivity index (χ0v) is 9.24. The number of hydrogen-bond donors (Lipinski definition) is 1. The number of hydrogen-bond acceptors (Lipinski definition) is 1.